The molecule has 0 amide bonds. The molecule has 1 unspecified atom stereocenters. The molecule has 0 bridgehead atoms. The molecule has 0 spiro atoms. The molecule has 0 saturated carbocycles. The van der Waals surface area contributed by atoms with Crippen LogP contribution >= 0.6 is 0 Å². The summed E-state index contributed by atoms with van der Waals surface area (Å²) in [5.41, 5.74) is 3.14. The van der Waals surface area contributed by atoms with E-state index in [-0.39, 0.29) is 0 Å². The summed E-state index contributed by atoms with van der Waals surface area (Å²) in [7, 11) is 0. The molecule has 3 heteroatoms. The molecule has 0 radical (unpaired) electrons. The van der Waals surface area contributed by atoms with Gasteiger partial charge in [-0.2, -0.15) is 13.2 Å². The number of benzene rings is 2. The van der Waals surface area contributed by atoms with Crippen molar-refractivity contribution in [2.24, 2.45) is 0 Å². The predicted octanol–water partition coefficient (Wildman–Crippen LogP) is 4.92. The number of rotatable bonds is 1. The highest BCUT2D eigenvalue weighted by Gasteiger charge is 2.47. The van der Waals surface area contributed by atoms with Gasteiger partial charge >= 0.3 is 6.18 Å². The van der Waals surface area contributed by atoms with E-state index in [0.29, 0.717) is 16.7 Å². The van der Waals surface area contributed by atoms with Crippen LogP contribution in [0.2, 0.25) is 0 Å². The van der Waals surface area contributed by atoms with Crippen molar-refractivity contribution < 1.29 is 13.2 Å². The Labute approximate surface area is 109 Å². The normalized spacial score (nSPS) is 17.2. The Morgan fingerprint density at radius 2 is 1.63 bits per heavy atom. The maximum absolute atomic E-state index is 13.4. The summed E-state index contributed by atoms with van der Waals surface area (Å²) in [6, 6.07) is 12.2. The molecule has 2 aromatic rings. The van der Waals surface area contributed by atoms with E-state index < -0.39 is 12.1 Å². The van der Waals surface area contributed by atoms with Crippen molar-refractivity contribution in [3.05, 3.63) is 59.2 Å². The lowest BCUT2D eigenvalue weighted by Crippen LogP contribution is -2.20. The van der Waals surface area contributed by atoms with Gasteiger partial charge in [-0.15, -0.1) is 0 Å². The molecule has 98 valence electrons. The first-order valence-electron chi connectivity index (χ1n) is 6.31. The highest BCUT2D eigenvalue weighted by molar-refractivity contribution is 5.79. The van der Waals surface area contributed by atoms with Gasteiger partial charge in [0, 0.05) is 0 Å². The SMILES string of the molecule is CCc1ccc2c(c1)C(C(F)(F)F)c1ccccc1-2. The van der Waals surface area contributed by atoms with Gasteiger partial charge < -0.3 is 0 Å². The number of aryl methyl sites for hydroxylation is 1. The number of alkyl halides is 3. The molecule has 19 heavy (non-hydrogen) atoms. The maximum Gasteiger partial charge on any atom is 0.399 e. The lowest BCUT2D eigenvalue weighted by atomic mass is 9.95. The maximum atomic E-state index is 13.4. The van der Waals surface area contributed by atoms with Gasteiger partial charge in [-0.05, 0) is 34.2 Å². The van der Waals surface area contributed by atoms with E-state index in [2.05, 4.69) is 0 Å². The summed E-state index contributed by atoms with van der Waals surface area (Å²) >= 11 is 0. The minimum absolute atomic E-state index is 0.373. The van der Waals surface area contributed by atoms with Crippen LogP contribution in [0.25, 0.3) is 11.1 Å². The van der Waals surface area contributed by atoms with Gasteiger partial charge in [0.1, 0.15) is 5.92 Å². The van der Waals surface area contributed by atoms with Crippen molar-refractivity contribution in [2.75, 3.05) is 0 Å². The quantitative estimate of drug-likeness (QED) is 0.684. The van der Waals surface area contributed by atoms with Gasteiger partial charge in [-0.3, -0.25) is 0 Å². The Morgan fingerprint density at radius 3 is 2.32 bits per heavy atom. The number of halogens is 3. The molecule has 1 aliphatic carbocycles. The Kier molecular flexibility index (Phi) is 2.66. The number of hydrogen-bond acceptors (Lipinski definition) is 0. The van der Waals surface area contributed by atoms with Crippen molar-refractivity contribution in [3.8, 4) is 11.1 Å². The van der Waals surface area contributed by atoms with Crippen LogP contribution in [0.4, 0.5) is 13.2 Å². The first-order chi connectivity index (χ1) is 9.02. The van der Waals surface area contributed by atoms with Crippen LogP contribution in [0.3, 0.4) is 0 Å². The second kappa shape index (κ2) is 4.12. The van der Waals surface area contributed by atoms with Crippen LogP contribution in [-0.4, -0.2) is 6.18 Å². The lowest BCUT2D eigenvalue weighted by Gasteiger charge is -2.17. The molecule has 0 aromatic heterocycles. The van der Waals surface area contributed by atoms with Crippen molar-refractivity contribution in [1.82, 2.24) is 0 Å². The Morgan fingerprint density at radius 1 is 0.947 bits per heavy atom. The molecule has 0 aliphatic heterocycles. The van der Waals surface area contributed by atoms with E-state index in [1.807, 2.05) is 19.1 Å². The molecule has 1 atom stereocenters. The van der Waals surface area contributed by atoms with E-state index in [0.717, 1.165) is 17.5 Å². The standard InChI is InChI=1S/C16H13F3/c1-2-10-7-8-12-11-5-3-4-6-13(11)15(14(12)9-10)16(17,18)19/h3-9,15H,2H2,1H3. The summed E-state index contributed by atoms with van der Waals surface area (Å²) in [4.78, 5) is 0. The van der Waals surface area contributed by atoms with E-state index >= 15 is 0 Å². The molecule has 0 nitrogen and oxygen atoms in total. The van der Waals surface area contributed by atoms with Gasteiger partial charge in [0.05, 0.1) is 0 Å². The van der Waals surface area contributed by atoms with Crippen molar-refractivity contribution >= 4 is 0 Å². The molecule has 0 heterocycles. The fraction of sp³-hybridized carbons (Fsp3) is 0.250. The molecule has 0 N–H and O–H groups in total. The van der Waals surface area contributed by atoms with Gasteiger partial charge in [-0.1, -0.05) is 49.4 Å². The average Bonchev–Trinajstić information content (AvgIpc) is 2.71. The summed E-state index contributed by atoms with van der Waals surface area (Å²) in [6.45, 7) is 1.95. The Bertz CT molecular complexity index is 626. The fourth-order valence-corrected chi connectivity index (χ4v) is 2.83. The van der Waals surface area contributed by atoms with Crippen LogP contribution < -0.4 is 0 Å². The van der Waals surface area contributed by atoms with Crippen molar-refractivity contribution in [1.29, 1.82) is 0 Å². The van der Waals surface area contributed by atoms with Crippen LogP contribution in [0.1, 0.15) is 29.5 Å². The second-order valence-electron chi connectivity index (χ2n) is 4.84. The predicted molar refractivity (Wildman–Crippen MR) is 69.2 cm³/mol. The Balaban J connectivity index is 2.27. The second-order valence-corrected chi connectivity index (χ2v) is 4.84. The lowest BCUT2D eigenvalue weighted by molar-refractivity contribution is -0.140. The minimum atomic E-state index is -4.24. The average molecular weight is 262 g/mol. The largest absolute Gasteiger partial charge is 0.399 e. The molecule has 0 fully saturated rings. The summed E-state index contributed by atoms with van der Waals surface area (Å²) in [6.07, 6.45) is -3.50. The van der Waals surface area contributed by atoms with E-state index in [1.54, 1.807) is 30.3 Å². The van der Waals surface area contributed by atoms with Gasteiger partial charge in [0.2, 0.25) is 0 Å². The summed E-state index contributed by atoms with van der Waals surface area (Å²) in [5.74, 6) is -1.48. The smallest absolute Gasteiger partial charge is 0.170 e. The molecule has 0 saturated heterocycles. The van der Waals surface area contributed by atoms with Crippen LogP contribution in [-0.2, 0) is 6.42 Å². The van der Waals surface area contributed by atoms with E-state index in [4.69, 9.17) is 0 Å². The fourth-order valence-electron chi connectivity index (χ4n) is 2.83. The first-order valence-corrected chi connectivity index (χ1v) is 6.31. The summed E-state index contributed by atoms with van der Waals surface area (Å²) in [5, 5.41) is 0. The molecular weight excluding hydrogens is 249 g/mol. The molecule has 1 aliphatic rings. The van der Waals surface area contributed by atoms with Gasteiger partial charge in [-0.25, -0.2) is 0 Å². The zero-order chi connectivity index (χ0) is 13.6. The third-order valence-electron chi connectivity index (χ3n) is 3.72. The molecule has 3 rings (SSSR count). The highest BCUT2D eigenvalue weighted by atomic mass is 19.4. The van der Waals surface area contributed by atoms with E-state index in [9.17, 15) is 13.2 Å². The van der Waals surface area contributed by atoms with Crippen molar-refractivity contribution in [2.45, 2.75) is 25.4 Å². The van der Waals surface area contributed by atoms with E-state index in [1.165, 1.54) is 0 Å². The first kappa shape index (κ1) is 12.3. The zero-order valence-corrected chi connectivity index (χ0v) is 10.5. The van der Waals surface area contributed by atoms with Crippen LogP contribution in [0.15, 0.2) is 42.5 Å². The molecule has 2 aromatic carbocycles. The van der Waals surface area contributed by atoms with Crippen LogP contribution in [0, 0.1) is 0 Å². The summed E-state index contributed by atoms with van der Waals surface area (Å²) < 4.78 is 40.1. The number of hydrogen-bond donors (Lipinski definition) is 0. The molecular formula is C16H13F3. The van der Waals surface area contributed by atoms with Gasteiger partial charge in [0.25, 0.3) is 0 Å². The van der Waals surface area contributed by atoms with Crippen LogP contribution in [0.5, 0.6) is 0 Å². The van der Waals surface area contributed by atoms with Gasteiger partial charge in [0.15, 0.2) is 0 Å². The third kappa shape index (κ3) is 1.84. The monoisotopic (exact) mass is 262 g/mol. The van der Waals surface area contributed by atoms with Crippen molar-refractivity contribution in [3.63, 3.8) is 0 Å². The minimum Gasteiger partial charge on any atom is -0.170 e. The number of fused-ring (bicyclic) bond motifs is 3. The Hall–Kier alpha value is -1.77. The zero-order valence-electron chi connectivity index (χ0n) is 10.5. The third-order valence-corrected chi connectivity index (χ3v) is 3.72. The topological polar surface area (TPSA) is 0 Å². The highest BCUT2D eigenvalue weighted by Crippen LogP contribution is 2.51.